The van der Waals surface area contributed by atoms with Crippen LogP contribution in [0.3, 0.4) is 0 Å². The molecule has 3 saturated carbocycles. The van der Waals surface area contributed by atoms with E-state index in [4.69, 9.17) is 0 Å². The van der Waals surface area contributed by atoms with Gasteiger partial charge in [0, 0.05) is 18.4 Å². The van der Waals surface area contributed by atoms with E-state index in [1.807, 2.05) is 6.92 Å². The Balaban J connectivity index is 1.52. The molecule has 7 unspecified atom stereocenters. The summed E-state index contributed by atoms with van der Waals surface area (Å²) in [5, 5.41) is 9.18. The molecule has 4 rings (SSSR count). The first kappa shape index (κ1) is 22.9. The second-order valence-electron chi connectivity index (χ2n) is 11.7. The number of ketones is 2. The molecule has 4 aliphatic rings. The molecule has 0 aromatic rings. The Bertz CT molecular complexity index is 797. The van der Waals surface area contributed by atoms with E-state index in [9.17, 15) is 14.8 Å². The lowest BCUT2D eigenvalue weighted by Gasteiger charge is -2.57. The third-order valence-electron chi connectivity index (χ3n) is 10.1. The fraction of sp³-hybridized carbons (Fsp3) is 0.778. The molecule has 0 bridgehead atoms. The first-order chi connectivity index (χ1) is 14.6. The summed E-state index contributed by atoms with van der Waals surface area (Å²) in [4.78, 5) is 29.8. The first-order valence-electron chi connectivity index (χ1n) is 12.4. The Morgan fingerprint density at radius 2 is 1.94 bits per heavy atom. The van der Waals surface area contributed by atoms with Gasteiger partial charge >= 0.3 is 0 Å². The molecule has 3 fully saturated rings. The minimum atomic E-state index is -0.279. The maximum absolute atomic E-state index is 13.2. The monoisotopic (exact) mass is 428 g/mol. The van der Waals surface area contributed by atoms with Gasteiger partial charge in [-0.25, -0.2) is 4.89 Å². The standard InChI is InChI=1S/C27H40O4/c1-16(2)25(31-30)9-6-17(3)20-7-8-21-19-15-24(29)23-14-18(28)10-12-27(23,5)22(19)11-13-26(20,21)4/h14,17,19-22,25,30H,1,6-13,15H2,2-5H3/t17-,19?,20?,21?,22?,25?,26?,27?/m1/s1. The average molecular weight is 429 g/mol. The molecule has 0 spiro atoms. The van der Waals surface area contributed by atoms with Crippen molar-refractivity contribution in [2.24, 2.45) is 40.4 Å². The molecule has 0 amide bonds. The zero-order valence-corrected chi connectivity index (χ0v) is 19.8. The van der Waals surface area contributed by atoms with E-state index in [0.717, 1.165) is 30.4 Å². The second-order valence-corrected chi connectivity index (χ2v) is 11.7. The number of fused-ring (bicyclic) bond motifs is 5. The van der Waals surface area contributed by atoms with E-state index >= 15 is 0 Å². The van der Waals surface area contributed by atoms with Gasteiger partial charge in [0.05, 0.1) is 0 Å². The van der Waals surface area contributed by atoms with Crippen molar-refractivity contribution in [1.29, 1.82) is 0 Å². The van der Waals surface area contributed by atoms with E-state index in [2.05, 4.69) is 32.2 Å². The van der Waals surface area contributed by atoms with Crippen LogP contribution >= 0.6 is 0 Å². The number of rotatable bonds is 6. The van der Waals surface area contributed by atoms with Crippen LogP contribution in [0, 0.1) is 40.4 Å². The lowest BCUT2D eigenvalue weighted by molar-refractivity contribution is -0.270. The van der Waals surface area contributed by atoms with Crippen molar-refractivity contribution in [1.82, 2.24) is 0 Å². The van der Waals surface area contributed by atoms with Crippen molar-refractivity contribution in [3.05, 3.63) is 23.8 Å². The molecular formula is C27H40O4. The molecule has 4 nitrogen and oxygen atoms in total. The lowest BCUT2D eigenvalue weighted by atomic mass is 9.46. The van der Waals surface area contributed by atoms with Crippen LogP contribution < -0.4 is 0 Å². The highest BCUT2D eigenvalue weighted by Crippen LogP contribution is 2.67. The smallest absolute Gasteiger partial charge is 0.159 e. The molecule has 0 radical (unpaired) electrons. The second kappa shape index (κ2) is 8.26. The van der Waals surface area contributed by atoms with Crippen LogP contribution in [-0.2, 0) is 14.5 Å². The van der Waals surface area contributed by atoms with Gasteiger partial charge in [-0.1, -0.05) is 27.4 Å². The normalized spacial score (nSPS) is 41.6. The Morgan fingerprint density at radius 3 is 2.61 bits per heavy atom. The third-order valence-corrected chi connectivity index (χ3v) is 10.1. The maximum Gasteiger partial charge on any atom is 0.159 e. The summed E-state index contributed by atoms with van der Waals surface area (Å²) in [6, 6.07) is 0. The van der Waals surface area contributed by atoms with Crippen molar-refractivity contribution in [2.75, 3.05) is 0 Å². The van der Waals surface area contributed by atoms with Crippen molar-refractivity contribution >= 4 is 11.6 Å². The van der Waals surface area contributed by atoms with E-state index in [1.165, 1.54) is 25.7 Å². The summed E-state index contributed by atoms with van der Waals surface area (Å²) in [5.41, 5.74) is 1.88. The van der Waals surface area contributed by atoms with Crippen LogP contribution in [0.15, 0.2) is 23.8 Å². The summed E-state index contributed by atoms with van der Waals surface area (Å²) < 4.78 is 0. The Labute approximate surface area is 187 Å². The summed E-state index contributed by atoms with van der Waals surface area (Å²) in [7, 11) is 0. The van der Waals surface area contributed by atoms with Crippen molar-refractivity contribution < 1.29 is 19.7 Å². The summed E-state index contributed by atoms with van der Waals surface area (Å²) in [5.74, 6) is 3.17. The van der Waals surface area contributed by atoms with Gasteiger partial charge in [-0.3, -0.25) is 14.8 Å². The van der Waals surface area contributed by atoms with Gasteiger partial charge in [0.15, 0.2) is 11.6 Å². The molecule has 0 heterocycles. The number of hydrogen-bond donors (Lipinski definition) is 1. The molecule has 0 aromatic carbocycles. The van der Waals surface area contributed by atoms with Gasteiger partial charge in [-0.05, 0) is 104 Å². The molecule has 31 heavy (non-hydrogen) atoms. The fourth-order valence-electron chi connectivity index (χ4n) is 8.37. The minimum Gasteiger partial charge on any atom is -0.295 e. The highest BCUT2D eigenvalue weighted by atomic mass is 17.1. The maximum atomic E-state index is 13.2. The number of allylic oxidation sites excluding steroid dienone is 1. The molecule has 8 atom stereocenters. The van der Waals surface area contributed by atoms with Crippen LogP contribution in [0.1, 0.15) is 85.5 Å². The van der Waals surface area contributed by atoms with Gasteiger partial charge in [-0.2, -0.15) is 0 Å². The molecule has 0 aliphatic heterocycles. The van der Waals surface area contributed by atoms with Crippen molar-refractivity contribution in [3.8, 4) is 0 Å². The number of hydrogen-bond acceptors (Lipinski definition) is 4. The van der Waals surface area contributed by atoms with Gasteiger partial charge < -0.3 is 0 Å². The molecule has 0 saturated heterocycles. The largest absolute Gasteiger partial charge is 0.295 e. The van der Waals surface area contributed by atoms with E-state index in [-0.39, 0.29) is 28.5 Å². The highest BCUT2D eigenvalue weighted by molar-refractivity contribution is 6.05. The Kier molecular flexibility index (Phi) is 6.11. The summed E-state index contributed by atoms with van der Waals surface area (Å²) in [6.07, 6.45) is 10.1. The van der Waals surface area contributed by atoms with Crippen LogP contribution in [-0.4, -0.2) is 22.9 Å². The molecule has 4 aliphatic carbocycles. The highest BCUT2D eigenvalue weighted by Gasteiger charge is 2.61. The lowest BCUT2D eigenvalue weighted by Crippen LogP contribution is -2.53. The van der Waals surface area contributed by atoms with Crippen LogP contribution in [0.5, 0.6) is 0 Å². The zero-order chi connectivity index (χ0) is 22.6. The summed E-state index contributed by atoms with van der Waals surface area (Å²) in [6.45, 7) is 13.0. The van der Waals surface area contributed by atoms with Crippen molar-refractivity contribution in [2.45, 2.75) is 91.6 Å². The SMILES string of the molecule is C=C(C)C(CC[C@@H](C)C1CCC2C3CC(=O)C4=CC(=O)CCC4(C)C3CCC21C)OO. The number of Topliss-reactive ketones (excluding diaryl/α,β-unsaturated/α-hetero) is 1. The topological polar surface area (TPSA) is 63.6 Å². The quantitative estimate of drug-likeness (QED) is 0.312. The summed E-state index contributed by atoms with van der Waals surface area (Å²) >= 11 is 0. The predicted octanol–water partition coefficient (Wildman–Crippen LogP) is 6.16. The molecule has 1 N–H and O–H groups in total. The van der Waals surface area contributed by atoms with E-state index in [1.54, 1.807) is 6.08 Å². The van der Waals surface area contributed by atoms with Gasteiger partial charge in [0.2, 0.25) is 0 Å². The predicted molar refractivity (Wildman–Crippen MR) is 121 cm³/mol. The Morgan fingerprint density at radius 1 is 1.19 bits per heavy atom. The van der Waals surface area contributed by atoms with Crippen LogP contribution in [0.25, 0.3) is 0 Å². The Hall–Kier alpha value is -1.26. The van der Waals surface area contributed by atoms with Gasteiger partial charge in [-0.15, -0.1) is 0 Å². The zero-order valence-electron chi connectivity index (χ0n) is 19.8. The molecule has 0 aromatic heterocycles. The molecule has 172 valence electrons. The van der Waals surface area contributed by atoms with Crippen LogP contribution in [0.2, 0.25) is 0 Å². The molecular weight excluding hydrogens is 388 g/mol. The van der Waals surface area contributed by atoms with E-state index < -0.39 is 0 Å². The molecule has 4 heteroatoms. The van der Waals surface area contributed by atoms with E-state index in [0.29, 0.717) is 42.4 Å². The minimum absolute atomic E-state index is 0.105. The number of carbonyl (C=O) groups excluding carboxylic acids is 2. The van der Waals surface area contributed by atoms with Gasteiger partial charge in [0.1, 0.15) is 6.10 Å². The third kappa shape index (κ3) is 3.68. The van der Waals surface area contributed by atoms with Crippen molar-refractivity contribution in [3.63, 3.8) is 0 Å². The van der Waals surface area contributed by atoms with Crippen LogP contribution in [0.4, 0.5) is 0 Å². The first-order valence-corrected chi connectivity index (χ1v) is 12.4. The average Bonchev–Trinajstić information content (AvgIpc) is 3.07. The number of carbonyl (C=O) groups is 2. The van der Waals surface area contributed by atoms with Gasteiger partial charge in [0.25, 0.3) is 0 Å². The fourth-order valence-corrected chi connectivity index (χ4v) is 8.37.